The summed E-state index contributed by atoms with van der Waals surface area (Å²) in [5.41, 5.74) is 2.55. The van der Waals surface area contributed by atoms with E-state index in [2.05, 4.69) is 0 Å². The number of hydrogen-bond acceptors (Lipinski definition) is 8. The predicted octanol–water partition coefficient (Wildman–Crippen LogP) is 2.20. The van der Waals surface area contributed by atoms with E-state index in [0.717, 1.165) is 11.1 Å². The van der Waals surface area contributed by atoms with Gasteiger partial charge in [0.25, 0.3) is 0 Å². The number of hydrogen-bond donors (Lipinski definition) is 0. The summed E-state index contributed by atoms with van der Waals surface area (Å²) in [6.45, 7) is 3.47. The fraction of sp³-hybridized carbons (Fsp3) is 0.357. The number of methoxy groups -OCH3 is 2. The number of carbonyl (C=O) groups excluding carboxylic acids is 2. The summed E-state index contributed by atoms with van der Waals surface area (Å²) in [6, 6.07) is 12.9. The highest BCUT2D eigenvalue weighted by Crippen LogP contribution is 2.48. The van der Waals surface area contributed by atoms with Gasteiger partial charge in [0, 0.05) is 38.0 Å². The van der Waals surface area contributed by atoms with Crippen LogP contribution >= 0.6 is 0 Å². The van der Waals surface area contributed by atoms with E-state index in [0.29, 0.717) is 11.1 Å². The first kappa shape index (κ1) is 28.2. The van der Waals surface area contributed by atoms with Crippen molar-refractivity contribution in [1.29, 1.82) is 0 Å². The number of rotatable bonds is 6. The van der Waals surface area contributed by atoms with Gasteiger partial charge < -0.3 is 9.47 Å². The van der Waals surface area contributed by atoms with Crippen LogP contribution in [0.4, 0.5) is 0 Å². The molecule has 2 aliphatic heterocycles. The third-order valence-electron chi connectivity index (χ3n) is 7.86. The maximum atomic E-state index is 13.6. The zero-order chi connectivity index (χ0) is 29.0. The summed E-state index contributed by atoms with van der Waals surface area (Å²) in [7, 11) is -5.55. The molecule has 2 fully saturated rings. The minimum Gasteiger partial charge on any atom is -0.465 e. The van der Waals surface area contributed by atoms with Gasteiger partial charge in [-0.3, -0.25) is 0 Å². The molecule has 0 unspecified atom stereocenters. The lowest BCUT2D eigenvalue weighted by molar-refractivity contribution is -0.139. The third kappa shape index (κ3) is 4.58. The molecule has 212 valence electrons. The van der Waals surface area contributed by atoms with Crippen molar-refractivity contribution in [2.75, 3.05) is 40.4 Å². The molecular weight excluding hydrogens is 556 g/mol. The molecule has 0 bridgehead atoms. The molecule has 0 amide bonds. The smallest absolute Gasteiger partial charge is 0.338 e. The van der Waals surface area contributed by atoms with Crippen LogP contribution in [0.3, 0.4) is 0 Å². The third-order valence-corrected chi connectivity index (χ3v) is 11.5. The normalized spacial score (nSPS) is 21.8. The van der Waals surface area contributed by atoms with Gasteiger partial charge in [-0.1, -0.05) is 35.4 Å². The van der Waals surface area contributed by atoms with Gasteiger partial charge in [-0.2, -0.15) is 8.61 Å². The monoisotopic (exact) mass is 586 g/mol. The zero-order valence-electron chi connectivity index (χ0n) is 22.6. The van der Waals surface area contributed by atoms with Gasteiger partial charge in [-0.25, -0.2) is 26.4 Å². The van der Waals surface area contributed by atoms with Crippen molar-refractivity contribution in [2.24, 2.45) is 11.8 Å². The molecule has 0 N–H and O–H groups in total. The second-order valence-electron chi connectivity index (χ2n) is 10.2. The SMILES string of the molecule is COC(=O)C1=C2CN(S(=O)(=O)c3ccc(C)cc3)C[C@H]2[C@@H]2CN(S(=O)(=O)c3ccc(C)cc3)CC2=C1C(=O)OC. The topological polar surface area (TPSA) is 127 Å². The quantitative estimate of drug-likeness (QED) is 0.472. The number of benzene rings is 2. The van der Waals surface area contributed by atoms with Crippen LogP contribution in [0, 0.1) is 25.7 Å². The minimum atomic E-state index is -3.95. The van der Waals surface area contributed by atoms with Crippen molar-refractivity contribution in [3.8, 4) is 0 Å². The molecular formula is C28H30N2O8S2. The lowest BCUT2D eigenvalue weighted by atomic mass is 9.74. The number of carbonyl (C=O) groups is 2. The van der Waals surface area contributed by atoms with Gasteiger partial charge >= 0.3 is 11.9 Å². The average Bonchev–Trinajstić information content (AvgIpc) is 3.58. The number of esters is 2. The van der Waals surface area contributed by atoms with Crippen LogP contribution in [-0.2, 0) is 39.1 Å². The van der Waals surface area contributed by atoms with Crippen molar-refractivity contribution in [3.63, 3.8) is 0 Å². The van der Waals surface area contributed by atoms with Gasteiger partial charge in [0.05, 0.1) is 35.2 Å². The summed E-state index contributed by atoms with van der Waals surface area (Å²) in [5.74, 6) is -2.67. The molecule has 2 heterocycles. The van der Waals surface area contributed by atoms with E-state index in [1.54, 1.807) is 24.3 Å². The largest absolute Gasteiger partial charge is 0.465 e. The van der Waals surface area contributed by atoms with Crippen LogP contribution in [-0.4, -0.2) is 77.8 Å². The van der Waals surface area contributed by atoms with Crippen LogP contribution in [0.25, 0.3) is 0 Å². The van der Waals surface area contributed by atoms with Crippen LogP contribution in [0.1, 0.15) is 11.1 Å². The average molecular weight is 587 g/mol. The molecule has 3 aliphatic rings. The van der Waals surface area contributed by atoms with E-state index in [-0.39, 0.29) is 47.1 Å². The Morgan fingerprint density at radius 3 is 1.27 bits per heavy atom. The highest BCUT2D eigenvalue weighted by atomic mass is 32.2. The molecule has 12 heteroatoms. The van der Waals surface area contributed by atoms with Crippen molar-refractivity contribution in [3.05, 3.63) is 82.0 Å². The van der Waals surface area contributed by atoms with Crippen LogP contribution in [0.15, 0.2) is 80.6 Å². The Hall–Kier alpha value is -3.32. The number of sulfonamides is 2. The van der Waals surface area contributed by atoms with Crippen LogP contribution < -0.4 is 0 Å². The van der Waals surface area contributed by atoms with E-state index in [1.807, 2.05) is 13.8 Å². The van der Waals surface area contributed by atoms with E-state index in [4.69, 9.17) is 9.47 Å². The Labute approximate surface area is 234 Å². The molecule has 0 spiro atoms. The van der Waals surface area contributed by atoms with E-state index >= 15 is 0 Å². The molecule has 1 aliphatic carbocycles. The zero-order valence-corrected chi connectivity index (χ0v) is 24.2. The summed E-state index contributed by atoms with van der Waals surface area (Å²) in [6.07, 6.45) is 0. The van der Waals surface area contributed by atoms with E-state index < -0.39 is 43.8 Å². The summed E-state index contributed by atoms with van der Waals surface area (Å²) in [5, 5.41) is 0. The van der Waals surface area contributed by atoms with Crippen molar-refractivity contribution in [1.82, 2.24) is 8.61 Å². The van der Waals surface area contributed by atoms with Crippen LogP contribution in [0.2, 0.25) is 0 Å². The Bertz CT molecular complexity index is 1530. The van der Waals surface area contributed by atoms with Gasteiger partial charge in [0.15, 0.2) is 0 Å². The van der Waals surface area contributed by atoms with Crippen molar-refractivity contribution < 1.29 is 35.9 Å². The number of ether oxygens (including phenoxy) is 2. The van der Waals surface area contributed by atoms with Gasteiger partial charge in [-0.05, 0) is 49.3 Å². The Morgan fingerprint density at radius 2 is 0.975 bits per heavy atom. The highest BCUT2D eigenvalue weighted by Gasteiger charge is 2.52. The molecule has 10 nitrogen and oxygen atoms in total. The van der Waals surface area contributed by atoms with Crippen LogP contribution in [0.5, 0.6) is 0 Å². The molecule has 0 saturated carbocycles. The predicted molar refractivity (Wildman–Crippen MR) is 145 cm³/mol. The Morgan fingerprint density at radius 1 is 0.650 bits per heavy atom. The second-order valence-corrected chi connectivity index (χ2v) is 14.1. The van der Waals surface area contributed by atoms with Gasteiger partial charge in [0.2, 0.25) is 20.0 Å². The number of fused-ring (bicyclic) bond motifs is 3. The van der Waals surface area contributed by atoms with Crippen molar-refractivity contribution in [2.45, 2.75) is 23.6 Å². The standard InChI is InChI=1S/C28H30N2O8S2/c1-17-5-9-19(10-6-17)39(33,34)29-13-21-22-14-30(40(35,36)20-11-7-18(2)8-12-20)16-24(22)26(28(32)38-4)25(23(21)15-29)27(31)37-3/h5-12,21-22H,13-16H2,1-4H3/t21-,22-/m0/s1. The molecule has 40 heavy (non-hydrogen) atoms. The first-order valence-electron chi connectivity index (χ1n) is 12.7. The molecule has 2 saturated heterocycles. The highest BCUT2D eigenvalue weighted by molar-refractivity contribution is 7.89. The van der Waals surface area contributed by atoms with Crippen molar-refractivity contribution >= 4 is 32.0 Å². The maximum Gasteiger partial charge on any atom is 0.338 e. The molecule has 2 atom stereocenters. The fourth-order valence-corrected chi connectivity index (χ4v) is 8.64. The summed E-state index contributed by atoms with van der Waals surface area (Å²) < 4.78 is 67.0. The van der Waals surface area contributed by atoms with E-state index in [1.165, 1.54) is 47.1 Å². The van der Waals surface area contributed by atoms with Gasteiger partial charge in [0.1, 0.15) is 0 Å². The first-order chi connectivity index (χ1) is 18.9. The summed E-state index contributed by atoms with van der Waals surface area (Å²) >= 11 is 0. The van der Waals surface area contributed by atoms with E-state index in [9.17, 15) is 26.4 Å². The number of nitrogens with zero attached hydrogens (tertiary/aromatic N) is 2. The Balaban J connectivity index is 1.61. The Kier molecular flexibility index (Phi) is 7.24. The lowest BCUT2D eigenvalue weighted by Crippen LogP contribution is -2.33. The minimum absolute atomic E-state index is 0.0209. The first-order valence-corrected chi connectivity index (χ1v) is 15.5. The molecule has 0 aromatic heterocycles. The summed E-state index contributed by atoms with van der Waals surface area (Å²) in [4.78, 5) is 26.4. The number of aryl methyl sites for hydroxylation is 2. The maximum absolute atomic E-state index is 13.6. The molecule has 0 radical (unpaired) electrons. The molecule has 5 rings (SSSR count). The molecule has 2 aromatic carbocycles. The van der Waals surface area contributed by atoms with Gasteiger partial charge in [-0.15, -0.1) is 0 Å². The second kappa shape index (κ2) is 10.3. The lowest BCUT2D eigenvalue weighted by Gasteiger charge is -2.29. The molecule has 2 aromatic rings. The fourth-order valence-electron chi connectivity index (χ4n) is 5.75.